The van der Waals surface area contributed by atoms with Crippen molar-refractivity contribution in [3.05, 3.63) is 72.1 Å². The number of methoxy groups -OCH3 is 1. The molecule has 248 valence electrons. The van der Waals surface area contributed by atoms with E-state index in [-0.39, 0.29) is 6.61 Å². The van der Waals surface area contributed by atoms with Gasteiger partial charge in [-0.2, -0.15) is 5.10 Å². The van der Waals surface area contributed by atoms with Crippen LogP contribution in [0.15, 0.2) is 61.0 Å². The summed E-state index contributed by atoms with van der Waals surface area (Å²) in [5.41, 5.74) is 9.40. The number of nitrogens with one attached hydrogen (secondary N) is 3. The molecule has 0 saturated heterocycles. The Bertz CT molecular complexity index is 1780. The van der Waals surface area contributed by atoms with E-state index in [4.69, 9.17) is 19.9 Å². The van der Waals surface area contributed by atoms with Gasteiger partial charge < -0.3 is 35.1 Å². The van der Waals surface area contributed by atoms with Gasteiger partial charge in [-0.25, -0.2) is 9.78 Å². The Kier molecular flexibility index (Phi) is 11.2. The van der Waals surface area contributed by atoms with Gasteiger partial charge in [-0.3, -0.25) is 19.6 Å². The fourth-order valence-electron chi connectivity index (χ4n) is 4.64. The van der Waals surface area contributed by atoms with E-state index < -0.39 is 11.7 Å². The summed E-state index contributed by atoms with van der Waals surface area (Å²) in [6, 6.07) is 6.61. The maximum absolute atomic E-state index is 12.0. The summed E-state index contributed by atoms with van der Waals surface area (Å²) >= 11 is 0. The molecule has 14 heteroatoms. The molecule has 0 spiro atoms. The number of rotatable bonds is 15. The van der Waals surface area contributed by atoms with Crippen LogP contribution in [0.5, 0.6) is 11.5 Å². The van der Waals surface area contributed by atoms with E-state index in [9.17, 15) is 14.4 Å². The highest BCUT2D eigenvalue weighted by Crippen LogP contribution is 2.33. The third kappa shape index (κ3) is 9.12. The Labute approximate surface area is 272 Å². The molecule has 2 aromatic heterocycles. The number of amides is 1. The molecular formula is C33H40N8O6. The Hall–Kier alpha value is -5.79. The Balaban J connectivity index is 1.35. The van der Waals surface area contributed by atoms with Crippen molar-refractivity contribution in [1.82, 2.24) is 19.3 Å². The molecule has 14 nitrogen and oxygen atoms in total. The van der Waals surface area contributed by atoms with Gasteiger partial charge in [0.15, 0.2) is 0 Å². The number of allylic oxidation sites excluding steroid dienone is 2. The average molecular weight is 645 g/mol. The molecule has 0 radical (unpaired) electrons. The van der Waals surface area contributed by atoms with E-state index in [1.165, 1.54) is 6.20 Å². The molecule has 0 bridgehead atoms. The van der Waals surface area contributed by atoms with E-state index >= 15 is 0 Å². The lowest BCUT2D eigenvalue weighted by molar-refractivity contribution is 0.0635. The van der Waals surface area contributed by atoms with Crippen LogP contribution in [-0.2, 0) is 17.8 Å². The number of fused-ring (bicyclic) bond motifs is 1. The van der Waals surface area contributed by atoms with E-state index in [0.717, 1.165) is 11.8 Å². The van der Waals surface area contributed by atoms with Crippen LogP contribution in [0.4, 0.5) is 27.8 Å². The monoisotopic (exact) mass is 644 g/mol. The molecular weight excluding hydrogens is 604 g/mol. The molecule has 1 amide bonds. The number of nitrogens with zero attached hydrogens (tertiary/aromatic N) is 4. The first-order chi connectivity index (χ1) is 22.5. The number of imidazole rings is 1. The zero-order chi connectivity index (χ0) is 34.0. The summed E-state index contributed by atoms with van der Waals surface area (Å²) in [4.78, 5) is 39.4. The zero-order valence-electron chi connectivity index (χ0n) is 27.1. The van der Waals surface area contributed by atoms with Crippen molar-refractivity contribution in [2.45, 2.75) is 39.5 Å². The molecule has 5 N–H and O–H groups in total. The molecule has 2 aromatic carbocycles. The van der Waals surface area contributed by atoms with Crippen LogP contribution in [0.3, 0.4) is 0 Å². The molecule has 4 rings (SSSR count). The molecule has 0 aliphatic rings. The summed E-state index contributed by atoms with van der Waals surface area (Å²) in [6.45, 7) is 6.93. The van der Waals surface area contributed by atoms with Gasteiger partial charge in [0, 0.05) is 37.5 Å². The largest absolute Gasteiger partial charge is 0.494 e. The molecule has 0 saturated carbocycles. The van der Waals surface area contributed by atoms with Crippen LogP contribution < -0.4 is 31.2 Å². The molecule has 0 unspecified atom stereocenters. The smallest absolute Gasteiger partial charge is 0.412 e. The lowest BCUT2D eigenvalue weighted by atomic mass is 10.1. The number of aromatic nitrogens is 4. The maximum Gasteiger partial charge on any atom is 0.412 e. The van der Waals surface area contributed by atoms with E-state index in [1.54, 1.807) is 70.1 Å². The lowest BCUT2D eigenvalue weighted by Crippen LogP contribution is -2.27. The number of aldehydes is 2. The van der Waals surface area contributed by atoms with Crippen molar-refractivity contribution in [3.63, 3.8) is 0 Å². The van der Waals surface area contributed by atoms with Crippen LogP contribution in [0, 0.1) is 0 Å². The number of anilines is 4. The first kappa shape index (κ1) is 34.1. The zero-order valence-corrected chi connectivity index (χ0v) is 27.1. The van der Waals surface area contributed by atoms with Crippen molar-refractivity contribution < 1.29 is 28.6 Å². The van der Waals surface area contributed by atoms with Crippen molar-refractivity contribution in [3.8, 4) is 11.5 Å². The summed E-state index contributed by atoms with van der Waals surface area (Å²) in [5.74, 6) is 1.61. The molecule has 0 aliphatic carbocycles. The Morgan fingerprint density at radius 2 is 1.72 bits per heavy atom. The molecule has 47 heavy (non-hydrogen) atoms. The van der Waals surface area contributed by atoms with Crippen LogP contribution in [0.25, 0.3) is 11.0 Å². The molecule has 0 fully saturated rings. The van der Waals surface area contributed by atoms with Crippen molar-refractivity contribution in [1.29, 1.82) is 0 Å². The third-order valence-corrected chi connectivity index (χ3v) is 6.62. The van der Waals surface area contributed by atoms with E-state index in [1.807, 2.05) is 28.9 Å². The second-order valence-corrected chi connectivity index (χ2v) is 11.3. The van der Waals surface area contributed by atoms with Crippen molar-refractivity contribution in [2.75, 3.05) is 49.0 Å². The second kappa shape index (κ2) is 15.5. The van der Waals surface area contributed by atoms with E-state index in [0.29, 0.717) is 77.1 Å². The minimum Gasteiger partial charge on any atom is -0.494 e. The fraction of sp³-hybridized carbons (Fsp3) is 0.303. The van der Waals surface area contributed by atoms with Crippen LogP contribution in [0.2, 0.25) is 0 Å². The number of ether oxygens (including phenoxy) is 3. The number of carbonyl (C=O) groups is 3. The van der Waals surface area contributed by atoms with Gasteiger partial charge in [0.2, 0.25) is 5.95 Å². The molecule has 0 aliphatic heterocycles. The molecule has 0 atom stereocenters. The predicted octanol–water partition coefficient (Wildman–Crippen LogP) is 5.14. The summed E-state index contributed by atoms with van der Waals surface area (Å²) in [7, 11) is 3.33. The van der Waals surface area contributed by atoms with Crippen LogP contribution in [-0.4, -0.2) is 70.9 Å². The molecule has 4 aromatic rings. The highest BCUT2D eigenvalue weighted by molar-refractivity contribution is 5.91. The fourth-order valence-corrected chi connectivity index (χ4v) is 4.64. The van der Waals surface area contributed by atoms with Gasteiger partial charge >= 0.3 is 6.09 Å². The third-order valence-electron chi connectivity index (χ3n) is 6.62. The van der Waals surface area contributed by atoms with Crippen LogP contribution >= 0.6 is 0 Å². The average Bonchev–Trinajstić information content (AvgIpc) is 3.63. The second-order valence-electron chi connectivity index (χ2n) is 11.3. The van der Waals surface area contributed by atoms with Gasteiger partial charge in [0.1, 0.15) is 47.5 Å². The van der Waals surface area contributed by atoms with Crippen LogP contribution in [0.1, 0.15) is 41.5 Å². The minimum atomic E-state index is -0.599. The van der Waals surface area contributed by atoms with Gasteiger partial charge in [-0.05, 0) is 51.1 Å². The van der Waals surface area contributed by atoms with Gasteiger partial charge in [0.05, 0.1) is 36.7 Å². The first-order valence-corrected chi connectivity index (χ1v) is 14.8. The van der Waals surface area contributed by atoms with Gasteiger partial charge in [-0.15, -0.1) is 0 Å². The molecule has 2 heterocycles. The number of hydrogen-bond donors (Lipinski definition) is 4. The predicted molar refractivity (Wildman–Crippen MR) is 182 cm³/mol. The maximum atomic E-state index is 12.0. The number of hydrogen-bond acceptors (Lipinski definition) is 11. The SMILES string of the molecule is CNc1nc2cc(C=O)cc(OC)c2n1C/C=C/CNc1c(N)cc(C=O)cc1OC/C=C/Cn1cc(NC(=O)OC(C)(C)C)cn1. The van der Waals surface area contributed by atoms with Crippen molar-refractivity contribution >= 4 is 52.7 Å². The van der Waals surface area contributed by atoms with E-state index in [2.05, 4.69) is 26.0 Å². The number of nitrogens with two attached hydrogens (primary N) is 1. The first-order valence-electron chi connectivity index (χ1n) is 14.8. The summed E-state index contributed by atoms with van der Waals surface area (Å²) in [6.07, 6.45) is 11.7. The standard InChI is InChI=1S/C33H40N8O6/c1-33(2,3)47-32(44)38-24-18-37-40(19-24)11-8-9-13-46-27-16-22(20-42)14-25(34)29(27)36-10-6-7-12-41-30-26(39-31(41)35-4)15-23(21-43)17-28(30)45-5/h6-9,14-21,36H,10-13,34H2,1-5H3,(H,35,39)(H,38,44)/b7-6+,9-8+. The number of carbonyl (C=O) groups excluding carboxylic acids is 3. The van der Waals surface area contributed by atoms with Crippen molar-refractivity contribution in [2.24, 2.45) is 0 Å². The summed E-state index contributed by atoms with van der Waals surface area (Å²) < 4.78 is 20.4. The van der Waals surface area contributed by atoms with Gasteiger partial charge in [0.25, 0.3) is 0 Å². The Morgan fingerprint density at radius 3 is 2.43 bits per heavy atom. The highest BCUT2D eigenvalue weighted by atomic mass is 16.6. The Morgan fingerprint density at radius 1 is 1.00 bits per heavy atom. The quantitative estimate of drug-likeness (QED) is 0.0765. The lowest BCUT2D eigenvalue weighted by Gasteiger charge is -2.19. The topological polar surface area (TPSA) is 177 Å². The number of benzene rings is 2. The van der Waals surface area contributed by atoms with Gasteiger partial charge in [-0.1, -0.05) is 18.2 Å². The highest BCUT2D eigenvalue weighted by Gasteiger charge is 2.17. The number of nitrogen functional groups attached to an aromatic ring is 1. The summed E-state index contributed by atoms with van der Waals surface area (Å²) in [5, 5.41) is 13.2. The minimum absolute atomic E-state index is 0.213. The normalized spacial score (nSPS) is 11.6.